The average Bonchev–Trinajstić information content (AvgIpc) is 2.47. The summed E-state index contributed by atoms with van der Waals surface area (Å²) in [6.07, 6.45) is 0.894. The van der Waals surface area contributed by atoms with Gasteiger partial charge in [0.15, 0.2) is 0 Å². The highest BCUT2D eigenvalue weighted by Gasteiger charge is 2.21. The summed E-state index contributed by atoms with van der Waals surface area (Å²) in [7, 11) is 0. The highest BCUT2D eigenvalue weighted by Crippen LogP contribution is 2.33. The zero-order valence-electron chi connectivity index (χ0n) is 11.3. The summed E-state index contributed by atoms with van der Waals surface area (Å²) < 4.78 is 5.65. The molecule has 2 heterocycles. The van der Waals surface area contributed by atoms with Crippen molar-refractivity contribution in [3.63, 3.8) is 0 Å². The van der Waals surface area contributed by atoms with Gasteiger partial charge in [-0.05, 0) is 13.0 Å². The summed E-state index contributed by atoms with van der Waals surface area (Å²) in [5.41, 5.74) is 3.70. The van der Waals surface area contributed by atoms with E-state index in [4.69, 9.17) is 10.6 Å². The van der Waals surface area contributed by atoms with Crippen molar-refractivity contribution >= 4 is 11.6 Å². The Kier molecular flexibility index (Phi) is 3.39. The van der Waals surface area contributed by atoms with Gasteiger partial charge in [0, 0.05) is 18.1 Å². The van der Waals surface area contributed by atoms with Crippen LogP contribution in [0.5, 0.6) is 5.75 Å². The third-order valence-corrected chi connectivity index (χ3v) is 3.27. The SMILES string of the molecule is Cc1nc(NN)cc(NC2CCOc3ccccc32)n1. The molecule has 3 rings (SSSR count). The lowest BCUT2D eigenvalue weighted by atomic mass is 10.0. The van der Waals surface area contributed by atoms with Gasteiger partial charge < -0.3 is 15.5 Å². The summed E-state index contributed by atoms with van der Waals surface area (Å²) in [5.74, 6) is 8.36. The molecule has 20 heavy (non-hydrogen) atoms. The number of ether oxygens (including phenoxy) is 1. The number of nitrogens with two attached hydrogens (primary N) is 1. The fourth-order valence-electron chi connectivity index (χ4n) is 2.39. The monoisotopic (exact) mass is 271 g/mol. The molecule has 1 aromatic carbocycles. The molecular weight excluding hydrogens is 254 g/mol. The molecule has 0 aliphatic carbocycles. The van der Waals surface area contributed by atoms with E-state index < -0.39 is 0 Å². The van der Waals surface area contributed by atoms with Crippen LogP contribution in [0, 0.1) is 6.92 Å². The highest BCUT2D eigenvalue weighted by molar-refractivity contribution is 5.50. The average molecular weight is 271 g/mol. The van der Waals surface area contributed by atoms with Gasteiger partial charge in [-0.2, -0.15) is 0 Å². The predicted octanol–water partition coefficient (Wildman–Crippen LogP) is 2.01. The Hall–Kier alpha value is -2.34. The number of para-hydroxylation sites is 1. The van der Waals surface area contributed by atoms with Gasteiger partial charge >= 0.3 is 0 Å². The lowest BCUT2D eigenvalue weighted by Gasteiger charge is -2.27. The molecule has 0 radical (unpaired) electrons. The van der Waals surface area contributed by atoms with Crippen LogP contribution in [0.1, 0.15) is 23.9 Å². The molecule has 0 fully saturated rings. The number of fused-ring (bicyclic) bond motifs is 1. The molecule has 1 aromatic heterocycles. The number of hydrogen-bond acceptors (Lipinski definition) is 6. The summed E-state index contributed by atoms with van der Waals surface area (Å²) in [4.78, 5) is 8.57. The first kappa shape index (κ1) is 12.7. The van der Waals surface area contributed by atoms with Crippen LogP contribution in [-0.2, 0) is 0 Å². The summed E-state index contributed by atoms with van der Waals surface area (Å²) >= 11 is 0. The van der Waals surface area contributed by atoms with E-state index in [0.717, 1.165) is 23.6 Å². The van der Waals surface area contributed by atoms with E-state index in [-0.39, 0.29) is 6.04 Å². The molecular formula is C14H17N5O. The fraction of sp³-hybridized carbons (Fsp3) is 0.286. The predicted molar refractivity (Wildman–Crippen MR) is 77.5 cm³/mol. The number of hydrogen-bond donors (Lipinski definition) is 3. The van der Waals surface area contributed by atoms with Crippen LogP contribution in [0.3, 0.4) is 0 Å². The maximum atomic E-state index is 5.65. The smallest absolute Gasteiger partial charge is 0.145 e. The van der Waals surface area contributed by atoms with Gasteiger partial charge in [-0.1, -0.05) is 18.2 Å². The molecule has 1 aliphatic rings. The number of nitrogens with zero attached hydrogens (tertiary/aromatic N) is 2. The van der Waals surface area contributed by atoms with E-state index in [0.29, 0.717) is 18.2 Å². The van der Waals surface area contributed by atoms with Crippen molar-refractivity contribution in [3.8, 4) is 5.75 Å². The van der Waals surface area contributed by atoms with E-state index in [1.807, 2.05) is 25.1 Å². The lowest BCUT2D eigenvalue weighted by Crippen LogP contribution is -2.21. The number of nitrogen functional groups attached to an aromatic ring is 1. The first-order chi connectivity index (χ1) is 9.76. The largest absolute Gasteiger partial charge is 0.493 e. The number of benzene rings is 1. The van der Waals surface area contributed by atoms with Gasteiger partial charge in [-0.25, -0.2) is 15.8 Å². The molecule has 6 heteroatoms. The second kappa shape index (κ2) is 5.34. The minimum absolute atomic E-state index is 0.180. The standard InChI is InChI=1S/C14H17N5O/c1-9-16-13(8-14(17-9)19-15)18-11-6-7-20-12-5-3-2-4-10(11)12/h2-5,8,11H,6-7,15H2,1H3,(H2,16,17,18,19). The third-order valence-electron chi connectivity index (χ3n) is 3.27. The fourth-order valence-corrected chi connectivity index (χ4v) is 2.39. The molecule has 0 amide bonds. The first-order valence-electron chi connectivity index (χ1n) is 6.57. The topological polar surface area (TPSA) is 85.1 Å². The molecule has 1 unspecified atom stereocenters. The molecule has 0 bridgehead atoms. The lowest BCUT2D eigenvalue weighted by molar-refractivity contribution is 0.274. The van der Waals surface area contributed by atoms with Crippen molar-refractivity contribution in [2.45, 2.75) is 19.4 Å². The molecule has 0 saturated carbocycles. The van der Waals surface area contributed by atoms with E-state index in [9.17, 15) is 0 Å². The van der Waals surface area contributed by atoms with Crippen LogP contribution < -0.4 is 21.3 Å². The summed E-state index contributed by atoms with van der Waals surface area (Å²) in [6.45, 7) is 2.53. The molecule has 1 aliphatic heterocycles. The molecule has 4 N–H and O–H groups in total. The van der Waals surface area contributed by atoms with Crippen LogP contribution in [0.4, 0.5) is 11.6 Å². The van der Waals surface area contributed by atoms with E-state index in [1.165, 1.54) is 0 Å². The number of anilines is 2. The Morgan fingerprint density at radius 2 is 2.05 bits per heavy atom. The van der Waals surface area contributed by atoms with Gasteiger partial charge in [0.1, 0.15) is 23.2 Å². The molecule has 6 nitrogen and oxygen atoms in total. The second-order valence-corrected chi connectivity index (χ2v) is 4.70. The minimum atomic E-state index is 0.180. The second-order valence-electron chi connectivity index (χ2n) is 4.70. The highest BCUT2D eigenvalue weighted by atomic mass is 16.5. The minimum Gasteiger partial charge on any atom is -0.493 e. The zero-order chi connectivity index (χ0) is 13.9. The zero-order valence-corrected chi connectivity index (χ0v) is 11.3. The van der Waals surface area contributed by atoms with Crippen molar-refractivity contribution in [2.24, 2.45) is 5.84 Å². The Morgan fingerprint density at radius 1 is 1.25 bits per heavy atom. The van der Waals surface area contributed by atoms with Crippen LogP contribution in [0.2, 0.25) is 0 Å². The molecule has 1 atom stereocenters. The van der Waals surface area contributed by atoms with Gasteiger partial charge in [0.2, 0.25) is 0 Å². The maximum Gasteiger partial charge on any atom is 0.145 e. The van der Waals surface area contributed by atoms with Crippen molar-refractivity contribution in [1.29, 1.82) is 0 Å². The van der Waals surface area contributed by atoms with Crippen molar-refractivity contribution in [2.75, 3.05) is 17.3 Å². The maximum absolute atomic E-state index is 5.65. The molecule has 0 spiro atoms. The van der Waals surface area contributed by atoms with E-state index >= 15 is 0 Å². The van der Waals surface area contributed by atoms with Crippen molar-refractivity contribution in [3.05, 3.63) is 41.7 Å². The normalized spacial score (nSPS) is 17.0. The van der Waals surface area contributed by atoms with Crippen LogP contribution in [0.15, 0.2) is 30.3 Å². The molecule has 0 saturated heterocycles. The summed E-state index contributed by atoms with van der Waals surface area (Å²) in [5, 5.41) is 3.43. The van der Waals surface area contributed by atoms with Crippen molar-refractivity contribution in [1.82, 2.24) is 9.97 Å². The van der Waals surface area contributed by atoms with Crippen LogP contribution >= 0.6 is 0 Å². The van der Waals surface area contributed by atoms with E-state index in [2.05, 4.69) is 26.8 Å². The quantitative estimate of drug-likeness (QED) is 0.585. The van der Waals surface area contributed by atoms with Gasteiger partial charge in [0.25, 0.3) is 0 Å². The Morgan fingerprint density at radius 3 is 2.90 bits per heavy atom. The van der Waals surface area contributed by atoms with E-state index in [1.54, 1.807) is 6.07 Å². The number of aromatic nitrogens is 2. The number of rotatable bonds is 3. The first-order valence-corrected chi connectivity index (χ1v) is 6.57. The van der Waals surface area contributed by atoms with Crippen LogP contribution in [0.25, 0.3) is 0 Å². The Labute approximate surface area is 117 Å². The van der Waals surface area contributed by atoms with Gasteiger partial charge in [-0.15, -0.1) is 0 Å². The van der Waals surface area contributed by atoms with Gasteiger partial charge in [-0.3, -0.25) is 0 Å². The Balaban J connectivity index is 1.87. The number of aryl methyl sites for hydroxylation is 1. The summed E-state index contributed by atoms with van der Waals surface area (Å²) in [6, 6.07) is 10.0. The molecule has 2 aromatic rings. The molecule has 104 valence electrons. The van der Waals surface area contributed by atoms with Gasteiger partial charge in [0.05, 0.1) is 12.6 Å². The number of nitrogens with one attached hydrogen (secondary N) is 2. The van der Waals surface area contributed by atoms with Crippen molar-refractivity contribution < 1.29 is 4.74 Å². The number of hydrazine groups is 1. The third kappa shape index (κ3) is 2.50. The Bertz CT molecular complexity index is 616. The van der Waals surface area contributed by atoms with Crippen LogP contribution in [-0.4, -0.2) is 16.6 Å².